The quantitative estimate of drug-likeness (QED) is 0.627. The Morgan fingerprint density at radius 2 is 2.00 bits per heavy atom. The Morgan fingerprint density at radius 1 is 1.46 bits per heavy atom. The molecular weight excluding hydrogens is 190 g/mol. The average Bonchev–Trinajstić information content (AvgIpc) is 1.79. The fourth-order valence-electron chi connectivity index (χ4n) is 1.65. The van der Waals surface area contributed by atoms with E-state index in [9.17, 15) is 8.42 Å². The Bertz CT molecular complexity index is 284. The van der Waals surface area contributed by atoms with Crippen LogP contribution in [-0.2, 0) is 14.8 Å². The van der Waals surface area contributed by atoms with Crippen LogP contribution in [0.1, 0.15) is 20.8 Å². The van der Waals surface area contributed by atoms with Crippen molar-refractivity contribution in [2.24, 2.45) is 0 Å². The summed E-state index contributed by atoms with van der Waals surface area (Å²) in [5.41, 5.74) is -0.374. The topological polar surface area (TPSA) is 46.6 Å². The lowest BCUT2D eigenvalue weighted by Crippen LogP contribution is -2.53. The lowest BCUT2D eigenvalue weighted by atomic mass is 10.1. The van der Waals surface area contributed by atoms with Crippen LogP contribution in [0.5, 0.6) is 0 Å². The molecule has 1 unspecified atom stereocenters. The fraction of sp³-hybridized carbons (Fsp3) is 1.00. The zero-order valence-electron chi connectivity index (χ0n) is 8.57. The molecule has 0 radical (unpaired) electrons. The van der Waals surface area contributed by atoms with Gasteiger partial charge in [-0.05, 0) is 20.8 Å². The van der Waals surface area contributed by atoms with Crippen molar-refractivity contribution in [1.82, 2.24) is 4.31 Å². The molecule has 0 bridgehead atoms. The van der Waals surface area contributed by atoms with E-state index >= 15 is 0 Å². The molecule has 5 heteroatoms. The highest BCUT2D eigenvalue weighted by Gasteiger charge is 2.35. The summed E-state index contributed by atoms with van der Waals surface area (Å²) >= 11 is 0. The average molecular weight is 207 g/mol. The molecule has 1 rings (SSSR count). The number of nitrogens with zero attached hydrogens (tertiary/aromatic N) is 1. The summed E-state index contributed by atoms with van der Waals surface area (Å²) < 4.78 is 29.6. The van der Waals surface area contributed by atoms with Crippen LogP contribution in [0.2, 0.25) is 0 Å². The van der Waals surface area contributed by atoms with Gasteiger partial charge in [-0.1, -0.05) is 0 Å². The number of ether oxygens (including phenoxy) is 1. The highest BCUT2D eigenvalue weighted by Crippen LogP contribution is 2.22. The summed E-state index contributed by atoms with van der Waals surface area (Å²) in [6, 6.07) is 0. The highest BCUT2D eigenvalue weighted by molar-refractivity contribution is 7.88. The van der Waals surface area contributed by atoms with Gasteiger partial charge in [-0.3, -0.25) is 0 Å². The Hall–Kier alpha value is -0.130. The van der Waals surface area contributed by atoms with Crippen molar-refractivity contribution in [3.8, 4) is 0 Å². The van der Waals surface area contributed by atoms with Gasteiger partial charge in [-0.2, -0.15) is 4.31 Å². The SMILES string of the molecule is CC1CN(S(C)(=O)=O)CC(C)(C)O1. The fourth-order valence-corrected chi connectivity index (χ4v) is 2.67. The monoisotopic (exact) mass is 207 g/mol. The second-order valence-corrected chi connectivity index (χ2v) is 6.23. The minimum Gasteiger partial charge on any atom is -0.370 e. The van der Waals surface area contributed by atoms with E-state index in [0.29, 0.717) is 13.1 Å². The number of hydrogen-bond donors (Lipinski definition) is 0. The summed E-state index contributed by atoms with van der Waals surface area (Å²) in [5, 5.41) is 0. The molecule has 4 nitrogen and oxygen atoms in total. The molecule has 1 atom stereocenters. The molecular formula is C8H17NO3S. The smallest absolute Gasteiger partial charge is 0.211 e. The standard InChI is InChI=1S/C8H17NO3S/c1-7-5-9(13(4,10)11)6-8(2,3)12-7/h7H,5-6H2,1-4H3. The number of morpholine rings is 1. The molecule has 0 aromatic carbocycles. The van der Waals surface area contributed by atoms with Gasteiger partial charge < -0.3 is 4.74 Å². The molecule has 1 fully saturated rings. The van der Waals surface area contributed by atoms with Crippen LogP contribution in [0.3, 0.4) is 0 Å². The summed E-state index contributed by atoms with van der Waals surface area (Å²) in [4.78, 5) is 0. The first-order valence-electron chi connectivity index (χ1n) is 4.34. The first-order chi connectivity index (χ1) is 5.71. The van der Waals surface area contributed by atoms with Crippen molar-refractivity contribution >= 4 is 10.0 Å². The number of hydrogen-bond acceptors (Lipinski definition) is 3. The first-order valence-corrected chi connectivity index (χ1v) is 6.18. The lowest BCUT2D eigenvalue weighted by molar-refractivity contribution is -0.109. The Labute approximate surface area is 79.9 Å². The van der Waals surface area contributed by atoms with E-state index in [2.05, 4.69) is 0 Å². The Morgan fingerprint density at radius 3 is 2.38 bits per heavy atom. The zero-order chi connectivity index (χ0) is 10.3. The number of rotatable bonds is 1. The molecule has 0 aliphatic carbocycles. The maximum absolute atomic E-state index is 11.3. The van der Waals surface area contributed by atoms with E-state index in [1.54, 1.807) is 0 Å². The number of sulfonamides is 1. The van der Waals surface area contributed by atoms with Crippen molar-refractivity contribution < 1.29 is 13.2 Å². The third-order valence-corrected chi connectivity index (χ3v) is 3.22. The van der Waals surface area contributed by atoms with Crippen LogP contribution < -0.4 is 0 Å². The summed E-state index contributed by atoms with van der Waals surface area (Å²) in [5.74, 6) is 0. The first kappa shape index (κ1) is 10.9. The van der Waals surface area contributed by atoms with Crippen LogP contribution in [0, 0.1) is 0 Å². The largest absolute Gasteiger partial charge is 0.370 e. The molecule has 0 N–H and O–H groups in total. The van der Waals surface area contributed by atoms with E-state index in [1.807, 2.05) is 20.8 Å². The van der Waals surface area contributed by atoms with E-state index in [-0.39, 0.29) is 11.7 Å². The van der Waals surface area contributed by atoms with E-state index in [1.165, 1.54) is 10.6 Å². The van der Waals surface area contributed by atoms with Gasteiger partial charge in [0.05, 0.1) is 18.0 Å². The van der Waals surface area contributed by atoms with Crippen molar-refractivity contribution in [3.63, 3.8) is 0 Å². The molecule has 1 heterocycles. The highest BCUT2D eigenvalue weighted by atomic mass is 32.2. The van der Waals surface area contributed by atoms with Crippen molar-refractivity contribution in [2.75, 3.05) is 19.3 Å². The van der Waals surface area contributed by atoms with Gasteiger partial charge in [0.2, 0.25) is 10.0 Å². The molecule has 0 saturated carbocycles. The second kappa shape index (κ2) is 3.22. The molecule has 1 aliphatic rings. The van der Waals surface area contributed by atoms with Crippen LogP contribution in [-0.4, -0.2) is 43.8 Å². The lowest BCUT2D eigenvalue weighted by Gasteiger charge is -2.40. The molecule has 0 aromatic heterocycles. The predicted octanol–water partition coefficient (Wildman–Crippen LogP) is 0.445. The Kier molecular flexibility index (Phi) is 2.71. The van der Waals surface area contributed by atoms with E-state index < -0.39 is 10.0 Å². The van der Waals surface area contributed by atoms with Gasteiger partial charge in [0.15, 0.2) is 0 Å². The van der Waals surface area contributed by atoms with Gasteiger partial charge in [0.1, 0.15) is 0 Å². The molecule has 0 spiro atoms. The summed E-state index contributed by atoms with van der Waals surface area (Å²) in [7, 11) is -3.08. The molecule has 78 valence electrons. The van der Waals surface area contributed by atoms with E-state index in [0.717, 1.165) is 0 Å². The van der Waals surface area contributed by atoms with Crippen LogP contribution in [0.15, 0.2) is 0 Å². The summed E-state index contributed by atoms with van der Waals surface area (Å²) in [6.07, 6.45) is 1.21. The minimum atomic E-state index is -3.08. The van der Waals surface area contributed by atoms with Crippen molar-refractivity contribution in [3.05, 3.63) is 0 Å². The van der Waals surface area contributed by atoms with E-state index in [4.69, 9.17) is 4.74 Å². The Balaban J connectivity index is 2.81. The molecule has 1 saturated heterocycles. The molecule has 1 aliphatic heterocycles. The molecule has 0 amide bonds. The van der Waals surface area contributed by atoms with Crippen LogP contribution in [0.25, 0.3) is 0 Å². The third-order valence-electron chi connectivity index (χ3n) is 2.01. The van der Waals surface area contributed by atoms with Crippen molar-refractivity contribution in [1.29, 1.82) is 0 Å². The molecule has 0 aromatic rings. The van der Waals surface area contributed by atoms with Gasteiger partial charge >= 0.3 is 0 Å². The van der Waals surface area contributed by atoms with Crippen LogP contribution >= 0.6 is 0 Å². The predicted molar refractivity (Wildman–Crippen MR) is 51.0 cm³/mol. The maximum Gasteiger partial charge on any atom is 0.211 e. The van der Waals surface area contributed by atoms with Crippen LogP contribution in [0.4, 0.5) is 0 Å². The van der Waals surface area contributed by atoms with Crippen molar-refractivity contribution in [2.45, 2.75) is 32.5 Å². The van der Waals surface area contributed by atoms with Gasteiger partial charge in [0, 0.05) is 13.1 Å². The maximum atomic E-state index is 11.3. The van der Waals surface area contributed by atoms with Gasteiger partial charge in [-0.15, -0.1) is 0 Å². The molecule has 13 heavy (non-hydrogen) atoms. The van der Waals surface area contributed by atoms with Gasteiger partial charge in [0.25, 0.3) is 0 Å². The second-order valence-electron chi connectivity index (χ2n) is 4.24. The third kappa shape index (κ3) is 2.93. The minimum absolute atomic E-state index is 0.0292. The normalized spacial score (nSPS) is 30.3. The van der Waals surface area contributed by atoms with Gasteiger partial charge in [-0.25, -0.2) is 8.42 Å². The zero-order valence-corrected chi connectivity index (χ0v) is 9.39. The summed E-state index contributed by atoms with van der Waals surface area (Å²) in [6.45, 7) is 6.60.